The Bertz CT molecular complexity index is 1220. The largest absolute Gasteiger partial charge is 0.466 e. The number of aliphatic hydroxyl groups is 2. The molecule has 0 heterocycles. The molecule has 0 aromatic carbocycles. The molecular formula is C75H147NO5. The van der Waals surface area contributed by atoms with Crippen molar-refractivity contribution in [1.82, 2.24) is 5.32 Å². The lowest BCUT2D eigenvalue weighted by Crippen LogP contribution is -2.45. The second kappa shape index (κ2) is 71.1. The maximum absolute atomic E-state index is 12.5. The minimum atomic E-state index is -0.658. The minimum Gasteiger partial charge on any atom is -0.466 e. The summed E-state index contributed by atoms with van der Waals surface area (Å²) in [7, 11) is 0. The molecule has 1 amide bonds. The Morgan fingerprint density at radius 1 is 0.333 bits per heavy atom. The first-order chi connectivity index (χ1) is 40.0. The highest BCUT2D eigenvalue weighted by molar-refractivity contribution is 5.76. The quantitative estimate of drug-likeness (QED) is 0.0320. The molecule has 2 unspecified atom stereocenters. The third-order valence-electron chi connectivity index (χ3n) is 17.8. The fourth-order valence-corrected chi connectivity index (χ4v) is 12.1. The molecule has 0 saturated carbocycles. The van der Waals surface area contributed by atoms with Crippen LogP contribution in [0.5, 0.6) is 0 Å². The van der Waals surface area contributed by atoms with Gasteiger partial charge in [0.05, 0.1) is 25.4 Å². The summed E-state index contributed by atoms with van der Waals surface area (Å²) in [5.74, 6) is -0.0120. The molecule has 0 aliphatic heterocycles. The van der Waals surface area contributed by atoms with E-state index in [-0.39, 0.29) is 18.5 Å². The number of unbranched alkanes of at least 4 members (excludes halogenated alkanes) is 58. The van der Waals surface area contributed by atoms with Gasteiger partial charge < -0.3 is 20.3 Å². The van der Waals surface area contributed by atoms with E-state index in [1.807, 2.05) is 0 Å². The van der Waals surface area contributed by atoms with Crippen LogP contribution in [0.3, 0.4) is 0 Å². The number of carbonyl (C=O) groups excluding carboxylic acids is 2. The lowest BCUT2D eigenvalue weighted by Gasteiger charge is -2.22. The number of carbonyl (C=O) groups is 2. The summed E-state index contributed by atoms with van der Waals surface area (Å²) in [5, 5.41) is 23.3. The molecule has 2 atom stereocenters. The molecular weight excluding hydrogens is 995 g/mol. The molecule has 0 rings (SSSR count). The van der Waals surface area contributed by atoms with Crippen LogP contribution >= 0.6 is 0 Å². The first-order valence-electron chi connectivity index (χ1n) is 37.4. The number of nitrogens with one attached hydrogen (secondary N) is 1. The van der Waals surface area contributed by atoms with E-state index in [2.05, 4.69) is 31.3 Å². The molecule has 0 saturated heterocycles. The molecule has 0 aliphatic carbocycles. The molecule has 0 aliphatic rings. The predicted octanol–water partition coefficient (Wildman–Crippen LogP) is 24.3. The third kappa shape index (κ3) is 67.6. The zero-order chi connectivity index (χ0) is 58.5. The topological polar surface area (TPSA) is 95.9 Å². The van der Waals surface area contributed by atoms with Gasteiger partial charge in [0.25, 0.3) is 0 Å². The highest BCUT2D eigenvalue weighted by Crippen LogP contribution is 2.20. The van der Waals surface area contributed by atoms with Crippen LogP contribution in [0.15, 0.2) is 12.2 Å². The second-order valence-corrected chi connectivity index (χ2v) is 26.0. The fourth-order valence-electron chi connectivity index (χ4n) is 12.1. The maximum Gasteiger partial charge on any atom is 0.305 e. The van der Waals surface area contributed by atoms with Gasteiger partial charge in [0.15, 0.2) is 0 Å². The summed E-state index contributed by atoms with van der Waals surface area (Å²) in [6, 6.07) is -0.535. The first-order valence-corrected chi connectivity index (χ1v) is 37.4. The van der Waals surface area contributed by atoms with Gasteiger partial charge in [-0.05, 0) is 44.9 Å². The zero-order valence-electron chi connectivity index (χ0n) is 55.3. The van der Waals surface area contributed by atoms with E-state index >= 15 is 0 Å². The van der Waals surface area contributed by atoms with E-state index < -0.39 is 12.1 Å². The molecule has 3 N–H and O–H groups in total. The van der Waals surface area contributed by atoms with Gasteiger partial charge in [0.1, 0.15) is 0 Å². The summed E-state index contributed by atoms with van der Waals surface area (Å²) in [6.07, 6.45) is 88.8. The maximum atomic E-state index is 12.5. The molecule has 0 fully saturated rings. The van der Waals surface area contributed by atoms with Crippen molar-refractivity contribution in [2.45, 2.75) is 443 Å². The van der Waals surface area contributed by atoms with Crippen molar-refractivity contribution in [3.05, 3.63) is 12.2 Å². The smallest absolute Gasteiger partial charge is 0.305 e. The fraction of sp³-hybridized carbons (Fsp3) is 0.947. The van der Waals surface area contributed by atoms with Gasteiger partial charge in [0, 0.05) is 12.8 Å². The normalized spacial score (nSPS) is 12.5. The Morgan fingerprint density at radius 2 is 0.593 bits per heavy atom. The van der Waals surface area contributed by atoms with E-state index in [4.69, 9.17) is 4.74 Å². The second-order valence-electron chi connectivity index (χ2n) is 26.0. The van der Waals surface area contributed by atoms with Gasteiger partial charge in [-0.2, -0.15) is 0 Å². The van der Waals surface area contributed by atoms with Crippen LogP contribution < -0.4 is 5.32 Å². The van der Waals surface area contributed by atoms with Gasteiger partial charge in [-0.1, -0.05) is 386 Å². The summed E-state index contributed by atoms with van der Waals surface area (Å²) in [6.45, 7) is 4.95. The van der Waals surface area contributed by atoms with E-state index in [9.17, 15) is 19.8 Å². The first kappa shape index (κ1) is 79.6. The summed E-state index contributed by atoms with van der Waals surface area (Å²) in [4.78, 5) is 24.5. The lowest BCUT2D eigenvalue weighted by atomic mass is 10.0. The molecule has 0 spiro atoms. The van der Waals surface area contributed by atoms with Gasteiger partial charge >= 0.3 is 5.97 Å². The van der Waals surface area contributed by atoms with Crippen molar-refractivity contribution < 1.29 is 24.5 Å². The zero-order valence-corrected chi connectivity index (χ0v) is 55.3. The standard InChI is InChI=1S/C75H147NO5/c1-3-5-7-9-11-13-15-16-44-48-51-55-59-63-67-73(78)72(71-77)76-74(79)68-64-60-56-52-49-45-42-40-38-36-34-32-30-28-26-24-22-20-18-17-19-21-23-25-27-29-31-33-35-37-39-41-43-46-50-54-58-62-66-70-81-75(80)69-65-61-57-53-47-14-12-10-8-6-4-2/h10,12,72-73,77-78H,3-9,11,13-71H2,1-2H3,(H,76,79)/b12-10-. The Kier molecular flexibility index (Phi) is 69.9. The Morgan fingerprint density at radius 3 is 0.914 bits per heavy atom. The number of rotatable bonds is 71. The van der Waals surface area contributed by atoms with Crippen LogP contribution in [0.1, 0.15) is 431 Å². The molecule has 482 valence electrons. The summed E-state index contributed by atoms with van der Waals surface area (Å²) >= 11 is 0. The number of ether oxygens (including phenoxy) is 1. The highest BCUT2D eigenvalue weighted by atomic mass is 16.5. The van der Waals surface area contributed by atoms with Gasteiger partial charge in [-0.25, -0.2) is 0 Å². The van der Waals surface area contributed by atoms with E-state index in [0.29, 0.717) is 25.9 Å². The van der Waals surface area contributed by atoms with Crippen LogP contribution in [0, 0.1) is 0 Å². The number of hydrogen-bond acceptors (Lipinski definition) is 5. The van der Waals surface area contributed by atoms with Crippen LogP contribution in [0.2, 0.25) is 0 Å². The van der Waals surface area contributed by atoms with Crippen molar-refractivity contribution >= 4 is 11.9 Å². The lowest BCUT2D eigenvalue weighted by molar-refractivity contribution is -0.143. The van der Waals surface area contributed by atoms with E-state index in [1.165, 1.54) is 353 Å². The number of hydrogen-bond donors (Lipinski definition) is 3. The SMILES string of the molecule is CCCC/C=C\CCCCCCCC(=O)OCCCCCCCCCCCCCCCCCCCCCCCCCCCCCCCCCCCCCCCCCC(=O)NC(CO)C(O)CCCCCCCCCCCCCCCC. The Labute approximate surface area is 508 Å². The van der Waals surface area contributed by atoms with E-state index in [0.717, 1.165) is 44.9 Å². The van der Waals surface area contributed by atoms with Gasteiger partial charge in [-0.15, -0.1) is 0 Å². The molecule has 81 heavy (non-hydrogen) atoms. The predicted molar refractivity (Wildman–Crippen MR) is 357 cm³/mol. The van der Waals surface area contributed by atoms with E-state index in [1.54, 1.807) is 0 Å². The summed E-state index contributed by atoms with van der Waals surface area (Å²) in [5.41, 5.74) is 0. The van der Waals surface area contributed by atoms with Crippen LogP contribution in [0.4, 0.5) is 0 Å². The third-order valence-corrected chi connectivity index (χ3v) is 17.8. The molecule has 0 aromatic rings. The minimum absolute atomic E-state index is 0.0136. The van der Waals surface area contributed by atoms with Gasteiger partial charge in [0.2, 0.25) is 5.91 Å². The number of aliphatic hydroxyl groups excluding tert-OH is 2. The van der Waals surface area contributed by atoms with Crippen molar-refractivity contribution in [3.63, 3.8) is 0 Å². The van der Waals surface area contributed by atoms with Crippen molar-refractivity contribution in [3.8, 4) is 0 Å². The number of allylic oxidation sites excluding steroid dienone is 2. The molecule has 6 heteroatoms. The van der Waals surface area contributed by atoms with Crippen molar-refractivity contribution in [2.24, 2.45) is 0 Å². The van der Waals surface area contributed by atoms with Crippen molar-refractivity contribution in [1.29, 1.82) is 0 Å². The monoisotopic (exact) mass is 1140 g/mol. The molecule has 0 aromatic heterocycles. The molecule has 0 radical (unpaired) electrons. The Hall–Kier alpha value is -1.40. The average molecular weight is 1140 g/mol. The number of amides is 1. The van der Waals surface area contributed by atoms with Crippen LogP contribution in [-0.2, 0) is 14.3 Å². The Balaban J connectivity index is 3.28. The summed E-state index contributed by atoms with van der Waals surface area (Å²) < 4.78 is 5.47. The molecule has 6 nitrogen and oxygen atoms in total. The van der Waals surface area contributed by atoms with Crippen LogP contribution in [0.25, 0.3) is 0 Å². The average Bonchev–Trinajstić information content (AvgIpc) is 3.47. The van der Waals surface area contributed by atoms with Crippen LogP contribution in [-0.4, -0.2) is 47.4 Å². The molecule has 0 bridgehead atoms. The van der Waals surface area contributed by atoms with Crippen molar-refractivity contribution in [2.75, 3.05) is 13.2 Å². The number of esters is 1. The highest BCUT2D eigenvalue weighted by Gasteiger charge is 2.20. The van der Waals surface area contributed by atoms with Gasteiger partial charge in [-0.3, -0.25) is 9.59 Å².